The summed E-state index contributed by atoms with van der Waals surface area (Å²) in [5, 5.41) is 4.27. The molecule has 1 fully saturated rings. The highest BCUT2D eigenvalue weighted by atomic mass is 32.1. The van der Waals surface area contributed by atoms with Gasteiger partial charge in [-0.3, -0.25) is 4.98 Å². The lowest BCUT2D eigenvalue weighted by atomic mass is 9.96. The van der Waals surface area contributed by atoms with Crippen molar-refractivity contribution in [3.05, 3.63) is 107 Å². The number of ether oxygens (including phenoxy) is 1. The first kappa shape index (κ1) is 22.2. The molecule has 5 rings (SSSR count). The molecule has 0 saturated carbocycles. The SMILES string of the molecule is COc1cccc(-n2c(C)cc([C@H]3[C@@H](c4ccccn4)NC(=S)N3c3cccc(C)c3)c2C)c1. The maximum Gasteiger partial charge on any atom is 0.174 e. The Hall–Kier alpha value is -3.64. The minimum absolute atomic E-state index is 0.0465. The molecule has 172 valence electrons. The number of aryl methyl sites for hydroxylation is 2. The Balaban J connectivity index is 1.68. The number of benzene rings is 2. The molecule has 6 heteroatoms. The van der Waals surface area contributed by atoms with Crippen LogP contribution in [0.1, 0.15) is 40.3 Å². The number of hydrogen-bond donors (Lipinski definition) is 1. The second kappa shape index (κ2) is 8.95. The first-order chi connectivity index (χ1) is 16.5. The molecule has 0 bridgehead atoms. The first-order valence-corrected chi connectivity index (χ1v) is 11.8. The van der Waals surface area contributed by atoms with Crippen molar-refractivity contribution in [1.29, 1.82) is 0 Å². The molecule has 4 aromatic rings. The van der Waals surface area contributed by atoms with E-state index in [1.165, 1.54) is 16.8 Å². The Kier molecular flexibility index (Phi) is 5.84. The molecule has 1 N–H and O–H groups in total. The maximum absolute atomic E-state index is 5.89. The van der Waals surface area contributed by atoms with Crippen molar-refractivity contribution < 1.29 is 4.74 Å². The summed E-state index contributed by atoms with van der Waals surface area (Å²) in [5.74, 6) is 0.836. The third-order valence-corrected chi connectivity index (χ3v) is 6.79. The van der Waals surface area contributed by atoms with Crippen molar-refractivity contribution in [2.75, 3.05) is 12.0 Å². The molecule has 0 unspecified atom stereocenters. The van der Waals surface area contributed by atoms with E-state index < -0.39 is 0 Å². The minimum atomic E-state index is -0.0755. The molecule has 0 radical (unpaired) electrons. The van der Waals surface area contributed by atoms with Crippen LogP contribution in [0.3, 0.4) is 0 Å². The lowest BCUT2D eigenvalue weighted by molar-refractivity contribution is 0.414. The zero-order valence-corrected chi connectivity index (χ0v) is 20.6. The fourth-order valence-corrected chi connectivity index (χ4v) is 5.31. The summed E-state index contributed by atoms with van der Waals surface area (Å²) in [6, 6.07) is 24.8. The normalized spacial score (nSPS) is 17.6. The van der Waals surface area contributed by atoms with Gasteiger partial charge in [0.1, 0.15) is 5.75 Å². The molecule has 5 nitrogen and oxygen atoms in total. The van der Waals surface area contributed by atoms with Gasteiger partial charge in [0.2, 0.25) is 0 Å². The molecule has 3 heterocycles. The second-order valence-electron chi connectivity index (χ2n) is 8.70. The Morgan fingerprint density at radius 3 is 2.44 bits per heavy atom. The molecule has 1 aliphatic heterocycles. The first-order valence-electron chi connectivity index (χ1n) is 11.4. The van der Waals surface area contributed by atoms with E-state index in [1.807, 2.05) is 30.5 Å². The highest BCUT2D eigenvalue weighted by molar-refractivity contribution is 7.80. The number of pyridine rings is 1. The molecule has 2 aromatic carbocycles. The second-order valence-corrected chi connectivity index (χ2v) is 9.09. The summed E-state index contributed by atoms with van der Waals surface area (Å²) in [4.78, 5) is 6.92. The molecular formula is C28H28N4OS. The number of nitrogens with zero attached hydrogens (tertiary/aromatic N) is 3. The van der Waals surface area contributed by atoms with Crippen LogP contribution in [0, 0.1) is 20.8 Å². The summed E-state index contributed by atoms with van der Waals surface area (Å²) >= 11 is 5.89. The van der Waals surface area contributed by atoms with E-state index in [9.17, 15) is 0 Å². The van der Waals surface area contributed by atoms with E-state index >= 15 is 0 Å². The van der Waals surface area contributed by atoms with Crippen molar-refractivity contribution in [2.45, 2.75) is 32.9 Å². The fraction of sp³-hybridized carbons (Fsp3) is 0.214. The predicted molar refractivity (Wildman–Crippen MR) is 141 cm³/mol. The number of aromatic nitrogens is 2. The molecule has 0 aliphatic carbocycles. The molecule has 0 amide bonds. The van der Waals surface area contributed by atoms with Crippen LogP contribution in [-0.4, -0.2) is 21.8 Å². The molecule has 1 saturated heterocycles. The van der Waals surface area contributed by atoms with Crippen molar-refractivity contribution in [1.82, 2.24) is 14.9 Å². The van der Waals surface area contributed by atoms with E-state index in [0.717, 1.165) is 28.5 Å². The van der Waals surface area contributed by atoms with Gasteiger partial charge in [0.15, 0.2) is 5.11 Å². The minimum Gasteiger partial charge on any atom is -0.497 e. The lowest BCUT2D eigenvalue weighted by Gasteiger charge is -2.28. The van der Waals surface area contributed by atoms with Gasteiger partial charge in [0, 0.05) is 35.0 Å². The number of hydrogen-bond acceptors (Lipinski definition) is 3. The average molecular weight is 469 g/mol. The molecule has 2 atom stereocenters. The smallest absolute Gasteiger partial charge is 0.174 e. The van der Waals surface area contributed by atoms with E-state index in [2.05, 4.69) is 89.1 Å². The van der Waals surface area contributed by atoms with Crippen LogP contribution in [-0.2, 0) is 0 Å². The van der Waals surface area contributed by atoms with Gasteiger partial charge in [-0.2, -0.15) is 0 Å². The van der Waals surface area contributed by atoms with Crippen LogP contribution in [0.2, 0.25) is 0 Å². The van der Waals surface area contributed by atoms with Gasteiger partial charge in [-0.1, -0.05) is 24.3 Å². The Labute approximate surface area is 206 Å². The van der Waals surface area contributed by atoms with Gasteiger partial charge in [0.05, 0.1) is 24.9 Å². The van der Waals surface area contributed by atoms with Crippen LogP contribution in [0.25, 0.3) is 5.69 Å². The Morgan fingerprint density at radius 1 is 0.912 bits per heavy atom. The van der Waals surface area contributed by atoms with Crippen molar-refractivity contribution in [3.8, 4) is 11.4 Å². The Morgan fingerprint density at radius 2 is 1.71 bits per heavy atom. The third-order valence-electron chi connectivity index (χ3n) is 6.48. The molecule has 1 aliphatic rings. The van der Waals surface area contributed by atoms with Crippen molar-refractivity contribution in [3.63, 3.8) is 0 Å². The molecule has 2 aromatic heterocycles. The van der Waals surface area contributed by atoms with E-state index in [-0.39, 0.29) is 12.1 Å². The highest BCUT2D eigenvalue weighted by Gasteiger charge is 2.42. The highest BCUT2D eigenvalue weighted by Crippen LogP contribution is 2.43. The number of nitrogens with one attached hydrogen (secondary N) is 1. The van der Waals surface area contributed by atoms with E-state index in [1.54, 1.807) is 7.11 Å². The van der Waals surface area contributed by atoms with Gasteiger partial charge >= 0.3 is 0 Å². The number of methoxy groups -OCH3 is 1. The summed E-state index contributed by atoms with van der Waals surface area (Å²) in [6.45, 7) is 6.42. The fourth-order valence-electron chi connectivity index (χ4n) is 4.96. The maximum atomic E-state index is 5.89. The lowest BCUT2D eigenvalue weighted by Crippen LogP contribution is -2.29. The van der Waals surface area contributed by atoms with Gasteiger partial charge in [-0.25, -0.2) is 0 Å². The standard InChI is InChI=1S/C28H28N4OS/c1-18-9-7-10-21(15-18)32-27(26(30-28(32)34)25-13-5-6-14-29-25)24-16-19(2)31(20(24)3)22-11-8-12-23(17-22)33-4/h5-17,26-27H,1-4H3,(H,30,34)/t26-,27+/m1/s1. The molecular weight excluding hydrogens is 440 g/mol. The van der Waals surface area contributed by atoms with Gasteiger partial charge < -0.3 is 19.5 Å². The van der Waals surface area contributed by atoms with Crippen LogP contribution in [0.15, 0.2) is 79.0 Å². The van der Waals surface area contributed by atoms with Gasteiger partial charge in [-0.15, -0.1) is 0 Å². The monoisotopic (exact) mass is 468 g/mol. The summed E-state index contributed by atoms with van der Waals surface area (Å²) in [7, 11) is 1.70. The number of anilines is 1. The van der Waals surface area contributed by atoms with Crippen LogP contribution in [0.4, 0.5) is 5.69 Å². The summed E-state index contributed by atoms with van der Waals surface area (Å²) < 4.78 is 7.76. The molecule has 0 spiro atoms. The van der Waals surface area contributed by atoms with E-state index in [0.29, 0.717) is 5.11 Å². The van der Waals surface area contributed by atoms with Gasteiger partial charge in [0.25, 0.3) is 0 Å². The largest absolute Gasteiger partial charge is 0.497 e. The van der Waals surface area contributed by atoms with E-state index in [4.69, 9.17) is 17.0 Å². The van der Waals surface area contributed by atoms with Crippen LogP contribution >= 0.6 is 12.2 Å². The van der Waals surface area contributed by atoms with Crippen molar-refractivity contribution >= 4 is 23.0 Å². The van der Waals surface area contributed by atoms with Crippen LogP contribution in [0.5, 0.6) is 5.75 Å². The van der Waals surface area contributed by atoms with Crippen molar-refractivity contribution in [2.24, 2.45) is 0 Å². The zero-order chi connectivity index (χ0) is 23.8. The number of thiocarbonyl (C=S) groups is 1. The number of rotatable bonds is 5. The Bertz CT molecular complexity index is 1350. The van der Waals surface area contributed by atoms with Gasteiger partial charge in [-0.05, 0) is 86.6 Å². The summed E-state index contributed by atoms with van der Waals surface area (Å²) in [6.07, 6.45) is 1.84. The third kappa shape index (κ3) is 3.84. The summed E-state index contributed by atoms with van der Waals surface area (Å²) in [5.41, 5.74) is 7.85. The van der Waals surface area contributed by atoms with Crippen LogP contribution < -0.4 is 15.0 Å². The topological polar surface area (TPSA) is 42.3 Å². The zero-order valence-electron chi connectivity index (χ0n) is 19.8. The predicted octanol–water partition coefficient (Wildman–Crippen LogP) is 5.98. The average Bonchev–Trinajstić information content (AvgIpc) is 3.34. The quantitative estimate of drug-likeness (QED) is 0.365. The molecule has 34 heavy (non-hydrogen) atoms.